The molecule has 10 nitrogen and oxygen atoms in total. The first kappa shape index (κ1) is 34.6. The van der Waals surface area contributed by atoms with Gasteiger partial charge in [0.25, 0.3) is 6.47 Å². The second-order valence-electron chi connectivity index (χ2n) is 9.06. The smallest absolute Gasteiger partial charge is 0.293 e. The van der Waals surface area contributed by atoms with E-state index in [9.17, 15) is 4.79 Å². The first-order valence-corrected chi connectivity index (χ1v) is 14.0. The summed E-state index contributed by atoms with van der Waals surface area (Å²) in [6, 6.07) is 12.3. The molecule has 10 heteroatoms. The summed E-state index contributed by atoms with van der Waals surface area (Å²) in [6.45, 7) is 11.7. The normalized spacial score (nSPS) is 11.1. The Morgan fingerprint density at radius 2 is 1.12 bits per heavy atom. The van der Waals surface area contributed by atoms with E-state index in [4.69, 9.17) is 42.6 Å². The summed E-state index contributed by atoms with van der Waals surface area (Å²) < 4.78 is 48.6. The molecule has 0 N–H and O–H groups in total. The molecular weight excluding hydrogens is 532 g/mol. The fourth-order valence-electron chi connectivity index (χ4n) is 3.73. The molecular formula is C31H46O10. The van der Waals surface area contributed by atoms with Gasteiger partial charge in [-0.25, -0.2) is 0 Å². The highest BCUT2D eigenvalue weighted by atomic mass is 16.6. The topological polar surface area (TPSA) is 100 Å². The summed E-state index contributed by atoms with van der Waals surface area (Å²) in [5.41, 5.74) is 5.36. The van der Waals surface area contributed by atoms with Crippen molar-refractivity contribution in [1.82, 2.24) is 0 Å². The van der Waals surface area contributed by atoms with E-state index >= 15 is 0 Å². The van der Waals surface area contributed by atoms with Crippen LogP contribution in [0.4, 0.5) is 0 Å². The number of aryl methyl sites for hydroxylation is 2. The molecule has 0 spiro atoms. The van der Waals surface area contributed by atoms with E-state index in [1.54, 1.807) is 7.11 Å². The Balaban J connectivity index is 1.48. The van der Waals surface area contributed by atoms with Crippen LogP contribution in [0.1, 0.15) is 16.7 Å². The molecule has 0 saturated heterocycles. The monoisotopic (exact) mass is 578 g/mol. The van der Waals surface area contributed by atoms with Gasteiger partial charge in [-0.1, -0.05) is 29.8 Å². The van der Waals surface area contributed by atoms with Crippen LogP contribution in [-0.4, -0.2) is 106 Å². The average molecular weight is 579 g/mol. The Labute approximate surface area is 244 Å². The number of ether oxygens (including phenoxy) is 9. The van der Waals surface area contributed by atoms with E-state index < -0.39 is 0 Å². The molecule has 0 aliphatic rings. The van der Waals surface area contributed by atoms with Crippen LogP contribution >= 0.6 is 0 Å². The average Bonchev–Trinajstić information content (AvgIpc) is 2.98. The van der Waals surface area contributed by atoms with Crippen LogP contribution in [-0.2, 0) is 49.3 Å². The highest BCUT2D eigenvalue weighted by Crippen LogP contribution is 2.30. The number of hydrogen-bond donors (Lipinski definition) is 0. The van der Waals surface area contributed by atoms with Gasteiger partial charge in [0.15, 0.2) is 0 Å². The first-order valence-electron chi connectivity index (χ1n) is 14.0. The Hall–Kier alpha value is -2.57. The molecule has 0 saturated carbocycles. The van der Waals surface area contributed by atoms with Crippen LogP contribution in [0.3, 0.4) is 0 Å². The number of hydrogen-bond acceptors (Lipinski definition) is 10. The van der Waals surface area contributed by atoms with Crippen molar-refractivity contribution in [2.24, 2.45) is 0 Å². The van der Waals surface area contributed by atoms with Gasteiger partial charge in [0, 0.05) is 12.7 Å². The molecule has 0 bridgehead atoms. The van der Waals surface area contributed by atoms with Crippen LogP contribution in [0.5, 0.6) is 5.75 Å². The Kier molecular flexibility index (Phi) is 19.5. The maximum absolute atomic E-state index is 10.8. The van der Waals surface area contributed by atoms with Crippen molar-refractivity contribution >= 4 is 6.47 Å². The van der Waals surface area contributed by atoms with E-state index in [2.05, 4.69) is 32.0 Å². The Morgan fingerprint density at radius 3 is 1.63 bits per heavy atom. The van der Waals surface area contributed by atoms with Crippen molar-refractivity contribution in [3.05, 3.63) is 53.1 Å². The van der Waals surface area contributed by atoms with E-state index in [-0.39, 0.29) is 6.61 Å². The third kappa shape index (κ3) is 15.9. The predicted molar refractivity (Wildman–Crippen MR) is 154 cm³/mol. The number of methoxy groups -OCH3 is 1. The van der Waals surface area contributed by atoms with Crippen LogP contribution < -0.4 is 4.74 Å². The van der Waals surface area contributed by atoms with E-state index in [1.165, 1.54) is 11.1 Å². The molecule has 2 rings (SSSR count). The van der Waals surface area contributed by atoms with Gasteiger partial charge < -0.3 is 42.6 Å². The Bertz CT molecular complexity index is 952. The minimum Gasteiger partial charge on any atom is -0.491 e. The molecule has 0 heterocycles. The van der Waals surface area contributed by atoms with Crippen LogP contribution in [0.2, 0.25) is 0 Å². The summed E-state index contributed by atoms with van der Waals surface area (Å²) in [4.78, 5) is 10.8. The summed E-state index contributed by atoms with van der Waals surface area (Å²) in [5.74, 6) is 0.665. The predicted octanol–water partition coefficient (Wildman–Crippen LogP) is 3.77. The molecule has 0 aliphatic carbocycles. The van der Waals surface area contributed by atoms with Gasteiger partial charge in [-0.05, 0) is 42.7 Å². The lowest BCUT2D eigenvalue weighted by Gasteiger charge is -2.14. The largest absolute Gasteiger partial charge is 0.491 e. The van der Waals surface area contributed by atoms with Gasteiger partial charge >= 0.3 is 0 Å². The highest BCUT2D eigenvalue weighted by molar-refractivity contribution is 5.69. The standard InChI is InChI=1S/C31H46O10/c1-26-4-5-27(2)30(22-26)28-6-7-31(29(23-28)24-40-25-32)41-21-20-39-19-18-38-17-16-37-15-14-36-13-12-35-11-10-34-9-8-33-3/h4-7,22-23,25H,8-21,24H2,1-3H3. The summed E-state index contributed by atoms with van der Waals surface area (Å²) >= 11 is 0. The third-order valence-electron chi connectivity index (χ3n) is 5.85. The maximum Gasteiger partial charge on any atom is 0.293 e. The number of carbonyl (C=O) groups is 1. The van der Waals surface area contributed by atoms with E-state index in [0.29, 0.717) is 105 Å². The summed E-state index contributed by atoms with van der Waals surface area (Å²) in [6.07, 6.45) is 0. The van der Waals surface area contributed by atoms with Crippen LogP contribution in [0, 0.1) is 13.8 Å². The molecule has 0 fully saturated rings. The second-order valence-corrected chi connectivity index (χ2v) is 9.06. The first-order chi connectivity index (χ1) is 20.2. The van der Waals surface area contributed by atoms with Crippen molar-refractivity contribution < 1.29 is 47.4 Å². The number of benzene rings is 2. The number of carbonyl (C=O) groups excluding carboxylic acids is 1. The molecule has 0 radical (unpaired) electrons. The minimum absolute atomic E-state index is 0.140. The zero-order chi connectivity index (χ0) is 29.4. The van der Waals surface area contributed by atoms with Crippen LogP contribution in [0.15, 0.2) is 36.4 Å². The van der Waals surface area contributed by atoms with Crippen molar-refractivity contribution in [3.8, 4) is 16.9 Å². The maximum atomic E-state index is 10.8. The molecule has 2 aromatic carbocycles. The van der Waals surface area contributed by atoms with Crippen molar-refractivity contribution in [2.75, 3.05) is 99.6 Å². The SMILES string of the molecule is COCCOCCOCCOCCOCCOCCOCCOc1ccc(-c2cc(C)ccc2C)cc1COC=O. The third-order valence-corrected chi connectivity index (χ3v) is 5.85. The molecule has 230 valence electrons. The molecule has 0 atom stereocenters. The summed E-state index contributed by atoms with van der Waals surface area (Å²) in [5, 5.41) is 0. The van der Waals surface area contributed by atoms with Gasteiger partial charge in [-0.3, -0.25) is 4.79 Å². The lowest BCUT2D eigenvalue weighted by Crippen LogP contribution is -2.15. The molecule has 2 aromatic rings. The zero-order valence-corrected chi connectivity index (χ0v) is 24.7. The van der Waals surface area contributed by atoms with Crippen molar-refractivity contribution in [2.45, 2.75) is 20.5 Å². The lowest BCUT2D eigenvalue weighted by molar-refractivity contribution is -0.129. The zero-order valence-electron chi connectivity index (χ0n) is 24.7. The van der Waals surface area contributed by atoms with Gasteiger partial charge in [0.2, 0.25) is 0 Å². The highest BCUT2D eigenvalue weighted by Gasteiger charge is 2.10. The van der Waals surface area contributed by atoms with Crippen molar-refractivity contribution in [3.63, 3.8) is 0 Å². The minimum atomic E-state index is 0.140. The lowest BCUT2D eigenvalue weighted by atomic mass is 9.97. The van der Waals surface area contributed by atoms with Crippen LogP contribution in [0.25, 0.3) is 11.1 Å². The molecule has 41 heavy (non-hydrogen) atoms. The fraction of sp³-hybridized carbons (Fsp3) is 0.581. The van der Waals surface area contributed by atoms with Gasteiger partial charge in [0.1, 0.15) is 19.0 Å². The quantitative estimate of drug-likeness (QED) is 0.121. The van der Waals surface area contributed by atoms with Crippen molar-refractivity contribution in [1.29, 1.82) is 0 Å². The van der Waals surface area contributed by atoms with E-state index in [0.717, 1.165) is 16.7 Å². The number of rotatable bonds is 26. The Morgan fingerprint density at radius 1 is 0.610 bits per heavy atom. The summed E-state index contributed by atoms with van der Waals surface area (Å²) in [7, 11) is 1.64. The molecule has 0 aromatic heterocycles. The van der Waals surface area contributed by atoms with E-state index in [1.807, 2.05) is 18.2 Å². The fourth-order valence-corrected chi connectivity index (χ4v) is 3.73. The molecule has 0 aliphatic heterocycles. The van der Waals surface area contributed by atoms with Gasteiger partial charge in [-0.15, -0.1) is 0 Å². The molecule has 0 amide bonds. The van der Waals surface area contributed by atoms with Gasteiger partial charge in [-0.2, -0.15) is 0 Å². The van der Waals surface area contributed by atoms with Gasteiger partial charge in [0.05, 0.1) is 85.9 Å². The second kappa shape index (κ2) is 23.0. The molecule has 0 unspecified atom stereocenters.